The van der Waals surface area contributed by atoms with Gasteiger partial charge in [-0.25, -0.2) is 4.79 Å². The van der Waals surface area contributed by atoms with Gasteiger partial charge < -0.3 is 9.47 Å². The Morgan fingerprint density at radius 3 is 2.18 bits per heavy atom. The molecule has 1 unspecified atom stereocenters. The largest absolute Gasteiger partial charge is 0.465 e. The Kier molecular flexibility index (Phi) is 8.55. The third-order valence-corrected chi connectivity index (χ3v) is 16.2. The minimum Gasteiger partial charge on any atom is -0.465 e. The van der Waals surface area contributed by atoms with Crippen LogP contribution in [0.25, 0.3) is 5.57 Å². The Bertz CT molecular complexity index is 1600. The molecule has 0 amide bonds. The van der Waals surface area contributed by atoms with Gasteiger partial charge in [-0.05, 0) is 144 Å². The lowest BCUT2D eigenvalue weighted by atomic mass is 9.32. The van der Waals surface area contributed by atoms with Crippen molar-refractivity contribution in [3.8, 4) is 0 Å². The van der Waals surface area contributed by atoms with Crippen LogP contribution in [0.3, 0.4) is 0 Å². The first kappa shape index (κ1) is 34.6. The van der Waals surface area contributed by atoms with Gasteiger partial charge in [-0.1, -0.05) is 97.0 Å². The zero-order valence-corrected chi connectivity index (χ0v) is 31.4. The number of rotatable bonds is 6. The van der Waals surface area contributed by atoms with Crippen LogP contribution in [0.5, 0.6) is 0 Å². The smallest absolute Gasteiger partial charge is 0.337 e. The fourth-order valence-electron chi connectivity index (χ4n) is 13.6. The molecular weight excluding hydrogens is 604 g/mol. The molecule has 2 aromatic carbocycles. The number of benzene rings is 2. The van der Waals surface area contributed by atoms with Crippen molar-refractivity contribution in [3.63, 3.8) is 0 Å². The van der Waals surface area contributed by atoms with E-state index >= 15 is 0 Å². The summed E-state index contributed by atoms with van der Waals surface area (Å²) in [5, 5.41) is 0. The van der Waals surface area contributed by atoms with Gasteiger partial charge in [-0.2, -0.15) is 0 Å². The molecule has 9 atom stereocenters. The lowest BCUT2D eigenvalue weighted by molar-refractivity contribution is -0.231. The van der Waals surface area contributed by atoms with E-state index in [4.69, 9.17) is 9.47 Å². The van der Waals surface area contributed by atoms with Gasteiger partial charge in [-0.15, -0.1) is 0 Å². The number of hydrogen-bond acceptors (Lipinski definition) is 4. The zero-order valence-electron chi connectivity index (χ0n) is 31.4. The molecule has 0 heterocycles. The van der Waals surface area contributed by atoms with Crippen molar-refractivity contribution in [2.24, 2.45) is 62.6 Å². The van der Waals surface area contributed by atoms with E-state index in [1.165, 1.54) is 43.9 Å². The van der Waals surface area contributed by atoms with Crippen molar-refractivity contribution in [3.05, 3.63) is 77.4 Å². The first-order valence-corrected chi connectivity index (χ1v) is 19.3. The van der Waals surface area contributed by atoms with E-state index in [0.717, 1.165) is 37.7 Å². The Morgan fingerprint density at radius 1 is 0.796 bits per heavy atom. The highest BCUT2D eigenvalue weighted by atomic mass is 16.5. The topological polar surface area (TPSA) is 52.6 Å². The lowest BCUT2D eigenvalue weighted by Crippen LogP contribution is -2.66. The summed E-state index contributed by atoms with van der Waals surface area (Å²) in [6.45, 7) is 18.1. The number of ether oxygens (including phenoxy) is 2. The molecule has 264 valence electrons. The molecule has 0 N–H and O–H groups in total. The summed E-state index contributed by atoms with van der Waals surface area (Å²) in [6, 6.07) is 18.3. The minimum atomic E-state index is -0.341. The first-order chi connectivity index (χ1) is 23.2. The maximum Gasteiger partial charge on any atom is 0.337 e. The van der Waals surface area contributed by atoms with Crippen LogP contribution in [0.1, 0.15) is 128 Å². The second kappa shape index (κ2) is 12.1. The maximum atomic E-state index is 14.4. The monoisotopic (exact) mass is 664 g/mol. The van der Waals surface area contributed by atoms with Crippen LogP contribution < -0.4 is 0 Å². The first-order valence-electron chi connectivity index (χ1n) is 19.3. The molecule has 7 rings (SSSR count). The highest BCUT2D eigenvalue weighted by Gasteiger charge is 2.72. The molecule has 5 aliphatic carbocycles. The average molecular weight is 665 g/mol. The molecule has 4 saturated carbocycles. The predicted molar refractivity (Wildman–Crippen MR) is 196 cm³/mol. The Morgan fingerprint density at radius 2 is 1.51 bits per heavy atom. The van der Waals surface area contributed by atoms with Crippen molar-refractivity contribution in [1.29, 1.82) is 0 Å². The quantitative estimate of drug-likeness (QED) is 0.288. The number of esters is 2. The molecule has 0 spiro atoms. The molecule has 4 nitrogen and oxygen atoms in total. The molecule has 4 heteroatoms. The van der Waals surface area contributed by atoms with Crippen LogP contribution >= 0.6 is 0 Å². The number of carbonyl (C=O) groups is 2. The van der Waals surface area contributed by atoms with Crippen molar-refractivity contribution in [1.82, 2.24) is 0 Å². The van der Waals surface area contributed by atoms with Crippen LogP contribution in [-0.2, 0) is 20.9 Å². The van der Waals surface area contributed by atoms with Crippen LogP contribution in [0.2, 0.25) is 0 Å². The van der Waals surface area contributed by atoms with Crippen LogP contribution in [-0.4, -0.2) is 19.0 Å². The number of fused-ring (bicyclic) bond motifs is 7. The summed E-state index contributed by atoms with van der Waals surface area (Å²) in [5.41, 5.74) is 4.67. The van der Waals surface area contributed by atoms with E-state index < -0.39 is 0 Å². The molecule has 0 radical (unpaired) electrons. The van der Waals surface area contributed by atoms with E-state index in [-0.39, 0.29) is 39.0 Å². The van der Waals surface area contributed by atoms with Gasteiger partial charge in [0.2, 0.25) is 0 Å². The molecule has 0 saturated heterocycles. The molecule has 0 bridgehead atoms. The normalized spacial score (nSPS) is 39.1. The highest BCUT2D eigenvalue weighted by Crippen LogP contribution is 2.78. The number of methoxy groups -OCH3 is 1. The molecule has 49 heavy (non-hydrogen) atoms. The second-order valence-electron chi connectivity index (χ2n) is 18.5. The molecular formula is C45H60O4. The van der Waals surface area contributed by atoms with Gasteiger partial charge in [-0.3, -0.25) is 4.79 Å². The fraction of sp³-hybridized carbons (Fsp3) is 0.644. The van der Waals surface area contributed by atoms with Crippen molar-refractivity contribution in [2.75, 3.05) is 7.11 Å². The van der Waals surface area contributed by atoms with Crippen molar-refractivity contribution in [2.45, 2.75) is 113 Å². The van der Waals surface area contributed by atoms with E-state index in [1.807, 2.05) is 30.3 Å². The van der Waals surface area contributed by atoms with Crippen LogP contribution in [0.15, 0.2) is 60.7 Å². The van der Waals surface area contributed by atoms with Gasteiger partial charge in [0.25, 0.3) is 0 Å². The highest BCUT2D eigenvalue weighted by molar-refractivity contribution is 5.90. The minimum absolute atomic E-state index is 0.0251. The van der Waals surface area contributed by atoms with E-state index in [1.54, 1.807) is 0 Å². The van der Waals surface area contributed by atoms with Gasteiger partial charge >= 0.3 is 11.9 Å². The Hall–Kier alpha value is -2.88. The summed E-state index contributed by atoms with van der Waals surface area (Å²) < 4.78 is 11.2. The van der Waals surface area contributed by atoms with Crippen molar-refractivity contribution >= 4 is 17.5 Å². The number of allylic oxidation sites excluding steroid dienone is 2. The molecule has 0 aliphatic heterocycles. The molecule has 2 aromatic rings. The summed E-state index contributed by atoms with van der Waals surface area (Å²) in [4.78, 5) is 26.5. The SMILES string of the molecule is COC(=O)c1ccc(C2=CC[C@]3(C)[C@H]4CCC5[C@H]6[C@H](C(C)C)CC[C@]6(C(=O)OCc6ccccc6)CC[C@@]5(C)[C@]4(C)CC[C@H]3C2(C)C)cc1. The predicted octanol–water partition coefficient (Wildman–Crippen LogP) is 10.9. The van der Waals surface area contributed by atoms with E-state index in [9.17, 15) is 9.59 Å². The lowest BCUT2D eigenvalue weighted by Gasteiger charge is -2.72. The van der Waals surface area contributed by atoms with E-state index in [2.05, 4.69) is 78.8 Å². The summed E-state index contributed by atoms with van der Waals surface area (Å²) in [7, 11) is 1.44. The van der Waals surface area contributed by atoms with Gasteiger partial charge in [0.1, 0.15) is 6.61 Å². The molecule has 5 aliphatic rings. The standard InChI is InChI=1S/C45H60O4/c1-29(2)33-20-25-45(40(47)49-28-30-12-10-9-11-13-30)27-26-43(6)35(38(33)45)18-19-37-42(5)23-21-34(31-14-16-32(17-15-31)39(46)48-8)41(3,4)36(42)22-24-44(37,43)7/h9-17,21,29,33,35-38H,18-20,22-28H2,1-8H3/t33-,35?,36-,37+,38+,42-,43+,44+,45-/m0/s1. The summed E-state index contributed by atoms with van der Waals surface area (Å²) in [6.07, 6.45) is 12.9. The average Bonchev–Trinajstić information content (AvgIpc) is 3.49. The Labute approximate surface area is 295 Å². The van der Waals surface area contributed by atoms with Gasteiger partial charge in [0.05, 0.1) is 18.1 Å². The van der Waals surface area contributed by atoms with E-state index in [0.29, 0.717) is 47.7 Å². The van der Waals surface area contributed by atoms with Gasteiger partial charge in [0.15, 0.2) is 0 Å². The fourth-order valence-corrected chi connectivity index (χ4v) is 13.6. The number of hydrogen-bond donors (Lipinski definition) is 0. The van der Waals surface area contributed by atoms with Gasteiger partial charge in [0, 0.05) is 0 Å². The third kappa shape index (κ3) is 5.03. The number of carbonyl (C=O) groups excluding carboxylic acids is 2. The zero-order chi connectivity index (χ0) is 35.0. The second-order valence-corrected chi connectivity index (χ2v) is 18.5. The van der Waals surface area contributed by atoms with Crippen LogP contribution in [0.4, 0.5) is 0 Å². The van der Waals surface area contributed by atoms with Crippen molar-refractivity contribution < 1.29 is 19.1 Å². The summed E-state index contributed by atoms with van der Waals surface area (Å²) >= 11 is 0. The molecule has 4 fully saturated rings. The van der Waals surface area contributed by atoms with Crippen LogP contribution in [0, 0.1) is 62.6 Å². The third-order valence-electron chi connectivity index (χ3n) is 16.2. The molecule has 0 aromatic heterocycles. The Balaban J connectivity index is 1.19. The maximum absolute atomic E-state index is 14.4. The summed E-state index contributed by atoms with van der Waals surface area (Å²) in [5.74, 6) is 3.14.